The summed E-state index contributed by atoms with van der Waals surface area (Å²) >= 11 is 0. The van der Waals surface area contributed by atoms with E-state index >= 15 is 0 Å². The molecule has 6 nitrogen and oxygen atoms in total. The summed E-state index contributed by atoms with van der Waals surface area (Å²) in [4.78, 5) is 38.5. The fourth-order valence-corrected chi connectivity index (χ4v) is 9.79. The van der Waals surface area contributed by atoms with Crippen LogP contribution < -0.4 is 0 Å². The Labute approximate surface area is 513 Å². The zero-order valence-electron chi connectivity index (χ0n) is 54.4. The number of hydrogen-bond donors (Lipinski definition) is 0. The minimum Gasteiger partial charge on any atom is -0.462 e. The Morgan fingerprint density at radius 1 is 0.253 bits per heavy atom. The SMILES string of the molecule is CC/C=C\C/C=C\C/C=C\C/C=C\C/C=C\C/C=C\CCCCCCCCCCCCC(=O)OCC(COC(=O)CCCCCCCCCCCCCCCCC)OC(=O)CCCCCCCCCC/C=C\C/C=C\C/C=C\C/C=C\CC. The highest BCUT2D eigenvalue weighted by Crippen LogP contribution is 2.17. The van der Waals surface area contributed by atoms with E-state index < -0.39 is 6.10 Å². The summed E-state index contributed by atoms with van der Waals surface area (Å²) in [7, 11) is 0. The van der Waals surface area contributed by atoms with Gasteiger partial charge in [-0.15, -0.1) is 0 Å². The van der Waals surface area contributed by atoms with Gasteiger partial charge in [-0.2, -0.15) is 0 Å². The van der Waals surface area contributed by atoms with Crippen LogP contribution in [-0.4, -0.2) is 37.2 Å². The van der Waals surface area contributed by atoms with E-state index in [0.717, 1.165) is 128 Å². The lowest BCUT2D eigenvalue weighted by Gasteiger charge is -2.18. The second kappa shape index (κ2) is 70.3. The fourth-order valence-electron chi connectivity index (χ4n) is 9.79. The number of hydrogen-bond acceptors (Lipinski definition) is 6. The Morgan fingerprint density at radius 3 is 0.735 bits per heavy atom. The van der Waals surface area contributed by atoms with E-state index in [0.29, 0.717) is 19.3 Å². The topological polar surface area (TPSA) is 78.9 Å². The van der Waals surface area contributed by atoms with E-state index in [1.807, 2.05) is 0 Å². The lowest BCUT2D eigenvalue weighted by Crippen LogP contribution is -2.30. The summed E-state index contributed by atoms with van der Waals surface area (Å²) in [6.45, 7) is 6.44. The minimum absolute atomic E-state index is 0.0810. The van der Waals surface area contributed by atoms with Gasteiger partial charge in [-0.1, -0.05) is 322 Å². The number of carbonyl (C=O) groups is 3. The van der Waals surface area contributed by atoms with Gasteiger partial charge < -0.3 is 14.2 Å². The Morgan fingerprint density at radius 2 is 0.470 bits per heavy atom. The predicted octanol–water partition coefficient (Wildman–Crippen LogP) is 24.3. The van der Waals surface area contributed by atoms with Crippen LogP contribution in [0.5, 0.6) is 0 Å². The number of esters is 3. The molecule has 0 amide bonds. The van der Waals surface area contributed by atoms with E-state index in [1.165, 1.54) is 161 Å². The van der Waals surface area contributed by atoms with Gasteiger partial charge in [0.25, 0.3) is 0 Å². The van der Waals surface area contributed by atoms with Crippen molar-refractivity contribution in [3.05, 3.63) is 122 Å². The highest BCUT2D eigenvalue weighted by Gasteiger charge is 2.19. The molecule has 0 aliphatic rings. The van der Waals surface area contributed by atoms with E-state index in [2.05, 4.69) is 142 Å². The van der Waals surface area contributed by atoms with Crippen molar-refractivity contribution < 1.29 is 28.6 Å². The molecule has 0 bridgehead atoms. The van der Waals surface area contributed by atoms with Crippen molar-refractivity contribution in [2.24, 2.45) is 0 Å². The third kappa shape index (κ3) is 68.5. The summed E-state index contributed by atoms with van der Waals surface area (Å²) < 4.78 is 17.0. The maximum absolute atomic E-state index is 13.0. The number of allylic oxidation sites excluding steroid dienone is 20. The third-order valence-electron chi connectivity index (χ3n) is 15.0. The molecule has 0 saturated carbocycles. The van der Waals surface area contributed by atoms with Crippen molar-refractivity contribution in [1.29, 1.82) is 0 Å². The lowest BCUT2D eigenvalue weighted by molar-refractivity contribution is -0.167. The van der Waals surface area contributed by atoms with Gasteiger partial charge in [-0.05, 0) is 109 Å². The molecule has 0 aromatic heterocycles. The first-order chi connectivity index (χ1) is 41.0. The first-order valence-corrected chi connectivity index (χ1v) is 35.0. The molecule has 0 radical (unpaired) electrons. The standard InChI is InChI=1S/C77H130O6/c1-4-7-10-13-16-19-22-25-28-30-32-34-35-36-37-38-39-40-41-43-44-46-49-52-55-58-61-64-67-70-76(79)82-73-74(72-81-75(78)69-66-63-60-57-54-51-48-27-24-21-18-15-12-9-6-3)83-77(80)71-68-65-62-59-56-53-50-47-45-42-33-31-29-26-23-20-17-14-11-8-5-2/h7-8,10-11,16-17,19-20,25-26,28-29,32-34,36-37,39-40,42,74H,4-6,9,12-15,18,21-24,27,30-31,35,38,41,43-73H2,1-3H3/b10-7-,11-8-,19-16-,20-17-,28-25-,29-26-,34-32-,37-36-,40-39-,42-33-. The zero-order chi connectivity index (χ0) is 59.9. The number of carbonyl (C=O) groups excluding carboxylic acids is 3. The number of unbranched alkanes of at least 4 members (excludes halogenated alkanes) is 32. The van der Waals surface area contributed by atoms with Gasteiger partial charge in [0, 0.05) is 19.3 Å². The van der Waals surface area contributed by atoms with Gasteiger partial charge in [0.2, 0.25) is 0 Å². The molecule has 0 heterocycles. The maximum atomic E-state index is 13.0. The van der Waals surface area contributed by atoms with Crippen LogP contribution in [0.1, 0.15) is 329 Å². The maximum Gasteiger partial charge on any atom is 0.306 e. The quantitative estimate of drug-likeness (QED) is 0.0261. The molecule has 0 N–H and O–H groups in total. The molecular weight excluding hydrogens is 1020 g/mol. The van der Waals surface area contributed by atoms with Crippen molar-refractivity contribution in [3.8, 4) is 0 Å². The van der Waals surface area contributed by atoms with Gasteiger partial charge in [-0.3, -0.25) is 14.4 Å². The van der Waals surface area contributed by atoms with Gasteiger partial charge in [0.15, 0.2) is 6.10 Å². The van der Waals surface area contributed by atoms with E-state index in [4.69, 9.17) is 14.2 Å². The molecule has 6 heteroatoms. The molecule has 1 unspecified atom stereocenters. The Kier molecular flexibility index (Phi) is 66.7. The zero-order valence-corrected chi connectivity index (χ0v) is 54.4. The predicted molar refractivity (Wildman–Crippen MR) is 362 cm³/mol. The molecule has 0 aliphatic carbocycles. The summed E-state index contributed by atoms with van der Waals surface area (Å²) in [5.74, 6) is -0.881. The summed E-state index contributed by atoms with van der Waals surface area (Å²) in [6.07, 6.45) is 97.8. The molecule has 83 heavy (non-hydrogen) atoms. The molecule has 0 spiro atoms. The summed E-state index contributed by atoms with van der Waals surface area (Å²) in [5.41, 5.74) is 0. The molecule has 0 aliphatic heterocycles. The van der Waals surface area contributed by atoms with Crippen LogP contribution in [0.3, 0.4) is 0 Å². The lowest BCUT2D eigenvalue weighted by atomic mass is 10.0. The molecule has 0 fully saturated rings. The highest BCUT2D eigenvalue weighted by atomic mass is 16.6. The van der Waals surface area contributed by atoms with Gasteiger partial charge in [0.05, 0.1) is 0 Å². The monoisotopic (exact) mass is 1150 g/mol. The van der Waals surface area contributed by atoms with E-state index in [1.54, 1.807) is 0 Å². The van der Waals surface area contributed by atoms with Crippen molar-refractivity contribution in [2.75, 3.05) is 13.2 Å². The first-order valence-electron chi connectivity index (χ1n) is 35.0. The number of ether oxygens (including phenoxy) is 3. The molecule has 474 valence electrons. The largest absolute Gasteiger partial charge is 0.462 e. The Hall–Kier alpha value is -4.19. The highest BCUT2D eigenvalue weighted by molar-refractivity contribution is 5.71. The number of rotatable bonds is 63. The van der Waals surface area contributed by atoms with Crippen molar-refractivity contribution >= 4 is 17.9 Å². The molecule has 0 aromatic rings. The normalized spacial score (nSPS) is 12.9. The molecular formula is C77H130O6. The van der Waals surface area contributed by atoms with Crippen LogP contribution in [0.2, 0.25) is 0 Å². The average molecular weight is 1150 g/mol. The van der Waals surface area contributed by atoms with Crippen LogP contribution >= 0.6 is 0 Å². The molecule has 0 aromatic carbocycles. The van der Waals surface area contributed by atoms with Gasteiger partial charge in [-0.25, -0.2) is 0 Å². The minimum atomic E-state index is -0.787. The van der Waals surface area contributed by atoms with Gasteiger partial charge >= 0.3 is 17.9 Å². The molecule has 1 atom stereocenters. The summed E-state index contributed by atoms with van der Waals surface area (Å²) in [6, 6.07) is 0. The fraction of sp³-hybridized carbons (Fsp3) is 0.701. The van der Waals surface area contributed by atoms with E-state index in [-0.39, 0.29) is 31.1 Å². The third-order valence-corrected chi connectivity index (χ3v) is 15.0. The van der Waals surface area contributed by atoms with Crippen LogP contribution in [0, 0.1) is 0 Å². The van der Waals surface area contributed by atoms with Gasteiger partial charge in [0.1, 0.15) is 13.2 Å². The average Bonchev–Trinajstić information content (AvgIpc) is 3.49. The second-order valence-electron chi connectivity index (χ2n) is 23.0. The van der Waals surface area contributed by atoms with Crippen LogP contribution in [-0.2, 0) is 28.6 Å². The van der Waals surface area contributed by atoms with E-state index in [9.17, 15) is 14.4 Å². The van der Waals surface area contributed by atoms with Crippen molar-refractivity contribution in [3.63, 3.8) is 0 Å². The Bertz CT molecular complexity index is 1700. The Balaban J connectivity index is 4.34. The van der Waals surface area contributed by atoms with Crippen LogP contribution in [0.15, 0.2) is 122 Å². The van der Waals surface area contributed by atoms with Crippen molar-refractivity contribution in [1.82, 2.24) is 0 Å². The summed E-state index contributed by atoms with van der Waals surface area (Å²) in [5, 5.41) is 0. The van der Waals surface area contributed by atoms with Crippen LogP contribution in [0.25, 0.3) is 0 Å². The van der Waals surface area contributed by atoms with Crippen LogP contribution in [0.4, 0.5) is 0 Å². The molecule has 0 rings (SSSR count). The van der Waals surface area contributed by atoms with Crippen molar-refractivity contribution in [2.45, 2.75) is 335 Å². The molecule has 0 saturated heterocycles. The second-order valence-corrected chi connectivity index (χ2v) is 23.0. The smallest absolute Gasteiger partial charge is 0.306 e. The first kappa shape index (κ1) is 78.8.